The Hall–Kier alpha value is -0.875. The van der Waals surface area contributed by atoms with Gasteiger partial charge in [0.05, 0.1) is 0 Å². The largest absolute Gasteiger partial charge is 0.451 e. The summed E-state index contributed by atoms with van der Waals surface area (Å²) in [6.45, 7) is 3.10. The highest BCUT2D eigenvalue weighted by molar-refractivity contribution is 6.40. The van der Waals surface area contributed by atoms with Crippen molar-refractivity contribution in [3.8, 4) is 0 Å². The van der Waals surface area contributed by atoms with Crippen LogP contribution in [0, 0.1) is 5.92 Å². The van der Waals surface area contributed by atoms with E-state index in [-0.39, 0.29) is 5.54 Å². The molecule has 4 nitrogen and oxygen atoms in total. The van der Waals surface area contributed by atoms with Crippen LogP contribution in [0.15, 0.2) is 24.3 Å². The van der Waals surface area contributed by atoms with Gasteiger partial charge in [-0.15, -0.1) is 0 Å². The summed E-state index contributed by atoms with van der Waals surface area (Å²) in [7, 11) is -1.18. The average molecular weight is 386 g/mol. The number of hydrogen-bond donors (Lipinski definition) is 4. The predicted molar refractivity (Wildman–Crippen MR) is 117 cm³/mol. The smallest absolute Gasteiger partial charge is 0.427 e. The molecule has 2 aliphatic carbocycles. The quantitative estimate of drug-likeness (QED) is 0.363. The Morgan fingerprint density at radius 3 is 2.39 bits per heavy atom. The van der Waals surface area contributed by atoms with Crippen molar-refractivity contribution in [3.63, 3.8) is 0 Å². The third-order valence-corrected chi connectivity index (χ3v) is 7.15. The Bertz CT molecular complexity index is 579. The van der Waals surface area contributed by atoms with Gasteiger partial charge in [-0.05, 0) is 68.3 Å². The lowest BCUT2D eigenvalue weighted by molar-refractivity contribution is 0.123. The van der Waals surface area contributed by atoms with Crippen LogP contribution >= 0.6 is 0 Å². The van der Waals surface area contributed by atoms with E-state index in [9.17, 15) is 0 Å². The van der Waals surface area contributed by atoms with Crippen molar-refractivity contribution in [2.75, 3.05) is 0 Å². The van der Waals surface area contributed by atoms with Gasteiger partial charge in [0, 0.05) is 18.1 Å². The fourth-order valence-corrected chi connectivity index (χ4v) is 4.97. The van der Waals surface area contributed by atoms with Crippen LogP contribution in [-0.2, 0) is 6.54 Å². The number of nitrogens with one attached hydrogen (secondary N) is 1. The summed E-state index contributed by atoms with van der Waals surface area (Å²) >= 11 is 0. The minimum atomic E-state index is -1.18. The molecule has 5 N–H and O–H groups in total. The van der Waals surface area contributed by atoms with E-state index in [1.165, 1.54) is 43.2 Å². The maximum absolute atomic E-state index is 8.93. The molecule has 0 spiro atoms. The van der Waals surface area contributed by atoms with E-state index in [0.717, 1.165) is 44.6 Å². The van der Waals surface area contributed by atoms with Crippen LogP contribution < -0.4 is 11.1 Å². The molecule has 156 valence electrons. The van der Waals surface area contributed by atoms with Gasteiger partial charge >= 0.3 is 7.12 Å². The molecule has 5 heteroatoms. The maximum Gasteiger partial charge on any atom is 0.451 e. The van der Waals surface area contributed by atoms with Crippen molar-refractivity contribution in [1.29, 1.82) is 0 Å². The van der Waals surface area contributed by atoms with Gasteiger partial charge in [0.15, 0.2) is 0 Å². The summed E-state index contributed by atoms with van der Waals surface area (Å²) in [4.78, 5) is 0. The Balaban J connectivity index is 1.34. The summed E-state index contributed by atoms with van der Waals surface area (Å²) in [6, 6.07) is 9.87. The summed E-state index contributed by atoms with van der Waals surface area (Å²) in [6.07, 6.45) is 12.4. The van der Waals surface area contributed by atoms with Crippen molar-refractivity contribution in [2.45, 2.75) is 101 Å². The first-order valence-electron chi connectivity index (χ1n) is 11.4. The summed E-state index contributed by atoms with van der Waals surface area (Å²) in [5, 5.41) is 21.6. The molecule has 2 fully saturated rings. The van der Waals surface area contributed by atoms with E-state index in [4.69, 9.17) is 15.8 Å². The van der Waals surface area contributed by atoms with Crippen molar-refractivity contribution >= 4 is 7.12 Å². The van der Waals surface area contributed by atoms with E-state index in [2.05, 4.69) is 36.5 Å². The summed E-state index contributed by atoms with van der Waals surface area (Å²) < 4.78 is 0. The second-order valence-corrected chi connectivity index (χ2v) is 9.55. The molecule has 0 bridgehead atoms. The summed E-state index contributed by atoms with van der Waals surface area (Å²) in [5.74, 6) is 1.35. The van der Waals surface area contributed by atoms with E-state index >= 15 is 0 Å². The monoisotopic (exact) mass is 386 g/mol. The van der Waals surface area contributed by atoms with Gasteiger partial charge in [-0.1, -0.05) is 56.4 Å². The Morgan fingerprint density at radius 2 is 1.75 bits per heavy atom. The van der Waals surface area contributed by atoms with Crippen molar-refractivity contribution in [2.24, 2.45) is 11.7 Å². The first-order valence-corrected chi connectivity index (χ1v) is 11.4. The molecule has 0 saturated heterocycles. The van der Waals surface area contributed by atoms with Gasteiger partial charge in [0.1, 0.15) is 0 Å². The second kappa shape index (κ2) is 10.2. The Morgan fingerprint density at radius 1 is 1.07 bits per heavy atom. The molecule has 3 rings (SSSR count). The van der Waals surface area contributed by atoms with E-state index in [1.807, 2.05) is 0 Å². The van der Waals surface area contributed by atoms with Gasteiger partial charge in [0.2, 0.25) is 0 Å². The van der Waals surface area contributed by atoms with E-state index < -0.39 is 7.12 Å². The lowest BCUT2D eigenvalue weighted by atomic mass is 9.67. The number of rotatable bonds is 10. The van der Waals surface area contributed by atoms with Crippen LogP contribution in [0.1, 0.15) is 88.2 Å². The van der Waals surface area contributed by atoms with Gasteiger partial charge < -0.3 is 21.1 Å². The zero-order chi connectivity index (χ0) is 20.0. The molecule has 2 saturated carbocycles. The zero-order valence-corrected chi connectivity index (χ0v) is 17.6. The highest BCUT2D eigenvalue weighted by atomic mass is 16.4. The first-order chi connectivity index (χ1) is 13.4. The zero-order valence-electron chi connectivity index (χ0n) is 17.6. The lowest BCUT2D eigenvalue weighted by Crippen LogP contribution is -2.54. The van der Waals surface area contributed by atoms with Crippen LogP contribution in [0.4, 0.5) is 0 Å². The third kappa shape index (κ3) is 6.31. The molecule has 1 aromatic carbocycles. The van der Waals surface area contributed by atoms with E-state index in [0.29, 0.717) is 18.3 Å². The van der Waals surface area contributed by atoms with Crippen molar-refractivity contribution < 1.29 is 10.0 Å². The van der Waals surface area contributed by atoms with Gasteiger partial charge in [0.25, 0.3) is 0 Å². The van der Waals surface area contributed by atoms with Crippen LogP contribution in [-0.4, -0.2) is 28.7 Å². The minimum Gasteiger partial charge on any atom is -0.427 e. The number of nitrogens with two attached hydrogens (primary N) is 1. The first kappa shape index (κ1) is 21.8. The highest BCUT2D eigenvalue weighted by Gasteiger charge is 2.39. The maximum atomic E-state index is 8.93. The molecule has 2 aliphatic rings. The van der Waals surface area contributed by atoms with Gasteiger partial charge in [-0.3, -0.25) is 0 Å². The molecule has 0 amide bonds. The molecule has 0 aromatic heterocycles. The minimum absolute atomic E-state index is 0.139. The van der Waals surface area contributed by atoms with Gasteiger partial charge in [-0.25, -0.2) is 0 Å². The lowest BCUT2D eigenvalue weighted by Gasteiger charge is -2.46. The SMILES string of the molecule is CC(N)(CCCCB(O)O)C1CC(NCc2ccc(C3CCCCC3)cc2)C1. The van der Waals surface area contributed by atoms with Crippen molar-refractivity contribution in [3.05, 3.63) is 35.4 Å². The molecule has 1 atom stereocenters. The topological polar surface area (TPSA) is 78.5 Å². The highest BCUT2D eigenvalue weighted by Crippen LogP contribution is 2.38. The standard InChI is InChI=1S/C23H39BN2O2/c1-23(25,13-5-6-14-24(27)28)21-15-22(16-21)26-17-18-9-11-20(12-10-18)19-7-3-2-4-8-19/h9-12,19,21-22,26-28H,2-8,13-17,25H2,1H3. The fraction of sp³-hybridized carbons (Fsp3) is 0.739. The molecular formula is C23H39BN2O2. The fourth-order valence-electron chi connectivity index (χ4n) is 4.97. The van der Waals surface area contributed by atoms with Crippen LogP contribution in [0.5, 0.6) is 0 Å². The van der Waals surface area contributed by atoms with Crippen LogP contribution in [0.3, 0.4) is 0 Å². The molecule has 1 aromatic rings. The molecule has 1 unspecified atom stereocenters. The van der Waals surface area contributed by atoms with Gasteiger partial charge in [-0.2, -0.15) is 0 Å². The Kier molecular flexibility index (Phi) is 7.98. The molecule has 0 heterocycles. The molecule has 0 aliphatic heterocycles. The molecular weight excluding hydrogens is 347 g/mol. The molecule has 0 radical (unpaired) electrons. The molecule has 28 heavy (non-hydrogen) atoms. The normalized spacial score (nSPS) is 25.1. The third-order valence-electron chi connectivity index (χ3n) is 7.15. The Labute approximate surface area is 171 Å². The van der Waals surface area contributed by atoms with Crippen LogP contribution in [0.2, 0.25) is 6.32 Å². The number of unbranched alkanes of at least 4 members (excludes halogenated alkanes) is 1. The van der Waals surface area contributed by atoms with Crippen LogP contribution in [0.25, 0.3) is 0 Å². The van der Waals surface area contributed by atoms with E-state index in [1.54, 1.807) is 0 Å². The predicted octanol–water partition coefficient (Wildman–Crippen LogP) is 3.96. The number of hydrogen-bond acceptors (Lipinski definition) is 4. The average Bonchev–Trinajstić information content (AvgIpc) is 2.65. The van der Waals surface area contributed by atoms with Crippen molar-refractivity contribution in [1.82, 2.24) is 5.32 Å². The summed E-state index contributed by atoms with van der Waals surface area (Å²) in [5.41, 5.74) is 9.31. The number of benzene rings is 1. The second-order valence-electron chi connectivity index (χ2n) is 9.55.